The highest BCUT2D eigenvalue weighted by Crippen LogP contribution is 2.30. The molecule has 0 atom stereocenters. The minimum Gasteiger partial charge on any atom is -0.341 e. The molecule has 0 spiro atoms. The van der Waals surface area contributed by atoms with Crippen LogP contribution in [-0.2, 0) is 12.7 Å². The number of fused-ring (bicyclic) bond motifs is 1. The zero-order valence-corrected chi connectivity index (χ0v) is 16.3. The fourth-order valence-electron chi connectivity index (χ4n) is 3.02. The van der Waals surface area contributed by atoms with Crippen molar-refractivity contribution in [3.63, 3.8) is 0 Å². The van der Waals surface area contributed by atoms with Crippen LogP contribution in [0.5, 0.6) is 0 Å². The van der Waals surface area contributed by atoms with Crippen molar-refractivity contribution in [2.24, 2.45) is 0 Å². The number of alkyl halides is 3. The number of rotatable bonds is 4. The number of halogens is 4. The Hall–Kier alpha value is -2.84. The van der Waals surface area contributed by atoms with E-state index in [9.17, 15) is 18.0 Å². The van der Waals surface area contributed by atoms with Crippen LogP contribution in [0.1, 0.15) is 21.6 Å². The predicted molar refractivity (Wildman–Crippen MR) is 108 cm³/mol. The van der Waals surface area contributed by atoms with Crippen LogP contribution >= 0.6 is 22.9 Å². The van der Waals surface area contributed by atoms with Crippen molar-refractivity contribution in [3.8, 4) is 0 Å². The number of aromatic nitrogens is 2. The van der Waals surface area contributed by atoms with Crippen LogP contribution < -0.4 is 5.32 Å². The fraction of sp³-hybridized carbons (Fsp3) is 0.100. The molecular weight excluding hydrogens is 423 g/mol. The third kappa shape index (κ3) is 4.13. The lowest BCUT2D eigenvalue weighted by molar-refractivity contribution is -0.137. The monoisotopic (exact) mass is 435 g/mol. The molecule has 4 rings (SSSR count). The van der Waals surface area contributed by atoms with Crippen molar-refractivity contribution in [1.29, 1.82) is 0 Å². The van der Waals surface area contributed by atoms with E-state index < -0.39 is 11.7 Å². The first-order chi connectivity index (χ1) is 13.8. The van der Waals surface area contributed by atoms with E-state index >= 15 is 0 Å². The fourth-order valence-corrected chi connectivity index (χ4v) is 3.76. The summed E-state index contributed by atoms with van der Waals surface area (Å²) < 4.78 is 40.4. The van der Waals surface area contributed by atoms with Crippen LogP contribution in [0.2, 0.25) is 4.47 Å². The highest BCUT2D eigenvalue weighted by molar-refractivity contribution is 7.14. The van der Waals surface area contributed by atoms with Gasteiger partial charge in [-0.25, -0.2) is 4.98 Å². The number of nitrogens with one attached hydrogen (secondary N) is 1. The van der Waals surface area contributed by atoms with Crippen molar-refractivity contribution in [2.45, 2.75) is 12.7 Å². The minimum absolute atomic E-state index is 0.222. The molecule has 0 aliphatic heterocycles. The van der Waals surface area contributed by atoms with Gasteiger partial charge < -0.3 is 9.88 Å². The molecule has 0 aliphatic rings. The van der Waals surface area contributed by atoms with Gasteiger partial charge in [0.1, 0.15) is 5.69 Å². The summed E-state index contributed by atoms with van der Waals surface area (Å²) >= 11 is 6.95. The van der Waals surface area contributed by atoms with Crippen LogP contribution in [0.15, 0.2) is 60.1 Å². The van der Waals surface area contributed by atoms with Gasteiger partial charge >= 0.3 is 6.18 Å². The zero-order valence-electron chi connectivity index (χ0n) is 14.7. The number of thiazole rings is 1. The van der Waals surface area contributed by atoms with Gasteiger partial charge in [0.15, 0.2) is 4.47 Å². The Labute approximate surface area is 172 Å². The van der Waals surface area contributed by atoms with Crippen molar-refractivity contribution < 1.29 is 18.0 Å². The van der Waals surface area contributed by atoms with Gasteiger partial charge in [-0.2, -0.15) is 13.2 Å². The second-order valence-corrected chi connectivity index (χ2v) is 7.76. The number of carbonyl (C=O) groups excluding carboxylic acids is 1. The van der Waals surface area contributed by atoms with E-state index in [0.717, 1.165) is 34.4 Å². The molecule has 1 amide bonds. The third-order valence-corrected chi connectivity index (χ3v) is 5.36. The van der Waals surface area contributed by atoms with Crippen molar-refractivity contribution >= 4 is 45.4 Å². The lowest BCUT2D eigenvalue weighted by Crippen LogP contribution is -2.12. The van der Waals surface area contributed by atoms with Gasteiger partial charge in [-0.1, -0.05) is 41.9 Å². The number of carbonyl (C=O) groups is 1. The molecule has 0 radical (unpaired) electrons. The minimum atomic E-state index is -4.37. The molecule has 29 heavy (non-hydrogen) atoms. The molecule has 0 saturated carbocycles. The largest absolute Gasteiger partial charge is 0.416 e. The molecule has 0 fully saturated rings. The summed E-state index contributed by atoms with van der Waals surface area (Å²) in [4.78, 5) is 16.4. The summed E-state index contributed by atoms with van der Waals surface area (Å²) in [6.45, 7) is 0.358. The second-order valence-electron chi connectivity index (χ2n) is 6.32. The molecule has 4 aromatic rings. The number of benzene rings is 2. The third-order valence-electron chi connectivity index (χ3n) is 4.38. The number of nitrogens with zero attached hydrogens (tertiary/aromatic N) is 2. The van der Waals surface area contributed by atoms with Gasteiger partial charge in [0.2, 0.25) is 0 Å². The smallest absolute Gasteiger partial charge is 0.341 e. The highest BCUT2D eigenvalue weighted by atomic mass is 35.5. The number of amides is 1. The normalized spacial score (nSPS) is 11.7. The van der Waals surface area contributed by atoms with Crippen LogP contribution in [0.3, 0.4) is 0 Å². The number of hydrogen-bond donors (Lipinski definition) is 1. The SMILES string of the molecule is O=C(Nc1cn(Cc2ccc(C(F)(F)F)cc2)c2ccccc12)c1csc(Cl)n1. The van der Waals surface area contributed by atoms with E-state index in [-0.39, 0.29) is 16.1 Å². The molecule has 0 bridgehead atoms. The molecule has 2 heterocycles. The Kier molecular flexibility index (Phi) is 5.06. The highest BCUT2D eigenvalue weighted by Gasteiger charge is 2.29. The summed E-state index contributed by atoms with van der Waals surface area (Å²) in [7, 11) is 0. The van der Waals surface area contributed by atoms with E-state index in [2.05, 4.69) is 10.3 Å². The molecule has 2 aromatic heterocycles. The average molecular weight is 436 g/mol. The summed E-state index contributed by atoms with van der Waals surface area (Å²) in [5.74, 6) is -0.384. The van der Waals surface area contributed by atoms with Gasteiger partial charge in [-0.3, -0.25) is 4.79 Å². The second kappa shape index (κ2) is 7.53. The van der Waals surface area contributed by atoms with Crippen molar-refractivity contribution in [2.75, 3.05) is 5.32 Å². The van der Waals surface area contributed by atoms with Gasteiger partial charge in [0.05, 0.1) is 16.8 Å². The summed E-state index contributed by atoms with van der Waals surface area (Å²) in [6.07, 6.45) is -2.61. The Morgan fingerprint density at radius 2 is 1.86 bits per heavy atom. The Balaban J connectivity index is 1.63. The van der Waals surface area contributed by atoms with Crippen molar-refractivity contribution in [1.82, 2.24) is 9.55 Å². The molecule has 9 heteroatoms. The first-order valence-corrected chi connectivity index (χ1v) is 9.73. The topological polar surface area (TPSA) is 46.9 Å². The summed E-state index contributed by atoms with van der Waals surface area (Å²) in [5.41, 5.74) is 1.68. The molecule has 0 aliphatic carbocycles. The Morgan fingerprint density at radius 1 is 1.14 bits per heavy atom. The van der Waals surface area contributed by atoms with Gasteiger partial charge in [0, 0.05) is 23.5 Å². The van der Waals surface area contributed by atoms with E-state index in [1.165, 1.54) is 12.1 Å². The van der Waals surface area contributed by atoms with Gasteiger partial charge in [-0.15, -0.1) is 11.3 Å². The zero-order chi connectivity index (χ0) is 20.6. The Morgan fingerprint density at radius 3 is 2.52 bits per heavy atom. The number of para-hydroxylation sites is 1. The van der Waals surface area contributed by atoms with E-state index in [4.69, 9.17) is 11.6 Å². The molecule has 1 N–H and O–H groups in total. The quantitative estimate of drug-likeness (QED) is 0.423. The van der Waals surface area contributed by atoms with Crippen LogP contribution in [0.25, 0.3) is 10.9 Å². The molecule has 148 valence electrons. The first-order valence-electron chi connectivity index (χ1n) is 8.47. The summed E-state index contributed by atoms with van der Waals surface area (Å²) in [5, 5.41) is 5.21. The van der Waals surface area contributed by atoms with E-state index in [1.807, 2.05) is 28.8 Å². The lowest BCUT2D eigenvalue weighted by Gasteiger charge is -2.09. The Bertz CT molecular complexity index is 1180. The maximum absolute atomic E-state index is 12.8. The van der Waals surface area contributed by atoms with E-state index in [0.29, 0.717) is 17.8 Å². The average Bonchev–Trinajstić information content (AvgIpc) is 3.26. The van der Waals surface area contributed by atoms with Gasteiger partial charge in [-0.05, 0) is 23.8 Å². The maximum atomic E-state index is 12.8. The molecule has 4 nitrogen and oxygen atoms in total. The number of hydrogen-bond acceptors (Lipinski definition) is 3. The lowest BCUT2D eigenvalue weighted by atomic mass is 10.1. The van der Waals surface area contributed by atoms with Crippen LogP contribution in [0.4, 0.5) is 18.9 Å². The van der Waals surface area contributed by atoms with Gasteiger partial charge in [0.25, 0.3) is 5.91 Å². The summed E-state index contributed by atoms with van der Waals surface area (Å²) in [6, 6.07) is 12.5. The van der Waals surface area contributed by atoms with Crippen molar-refractivity contribution in [3.05, 3.63) is 81.4 Å². The molecule has 0 saturated heterocycles. The predicted octanol–water partition coefficient (Wildman–Crippen LogP) is 6.07. The first kappa shape index (κ1) is 19.5. The van der Waals surface area contributed by atoms with Crippen LogP contribution in [0, 0.1) is 0 Å². The molecule has 2 aromatic carbocycles. The number of anilines is 1. The van der Waals surface area contributed by atoms with E-state index in [1.54, 1.807) is 11.6 Å². The maximum Gasteiger partial charge on any atom is 0.416 e. The van der Waals surface area contributed by atoms with Crippen LogP contribution in [-0.4, -0.2) is 15.5 Å². The molecular formula is C20H13ClF3N3OS. The molecule has 0 unspecified atom stereocenters. The standard InChI is InChI=1S/C20H13ClF3N3OS/c21-19-26-16(11-29-19)18(28)25-15-10-27(17-4-2-1-3-14(15)17)9-12-5-7-13(8-6-12)20(22,23)24/h1-8,10-11H,9H2,(H,25,28).